The van der Waals surface area contributed by atoms with Crippen molar-refractivity contribution in [3.8, 4) is 5.82 Å². The first-order chi connectivity index (χ1) is 11.9. The first-order valence-electron chi connectivity index (χ1n) is 7.66. The van der Waals surface area contributed by atoms with Crippen LogP contribution in [0.3, 0.4) is 0 Å². The van der Waals surface area contributed by atoms with Crippen LogP contribution >= 0.6 is 11.6 Å². The quantitative estimate of drug-likeness (QED) is 0.851. The number of alkyl halides is 3. The second kappa shape index (κ2) is 7.24. The van der Waals surface area contributed by atoms with Crippen LogP contribution in [0.2, 0.25) is 5.02 Å². The molecular weight excluding hydrogens is 371 g/mol. The monoisotopic (exact) mass is 389 g/mol. The molecule has 0 aliphatic heterocycles. The van der Waals surface area contributed by atoms with Gasteiger partial charge in [0, 0.05) is 18.3 Å². The Morgan fingerprint density at radius 1 is 1.23 bits per heavy atom. The van der Waals surface area contributed by atoms with Crippen LogP contribution in [0.15, 0.2) is 29.3 Å². The summed E-state index contributed by atoms with van der Waals surface area (Å²) < 4.78 is 38.6. The Morgan fingerprint density at radius 2 is 1.88 bits per heavy atom. The summed E-state index contributed by atoms with van der Waals surface area (Å²) in [4.78, 5) is 18.0. The molecule has 0 amide bonds. The Labute approximate surface area is 153 Å². The van der Waals surface area contributed by atoms with Crippen LogP contribution in [0, 0.1) is 0 Å². The summed E-state index contributed by atoms with van der Waals surface area (Å²) >= 11 is 6.10. The molecule has 1 N–H and O–H groups in total. The van der Waals surface area contributed by atoms with Crippen molar-refractivity contribution in [2.45, 2.75) is 25.6 Å². The number of aromatic nitrogens is 3. The molecule has 0 atom stereocenters. The molecule has 0 unspecified atom stereocenters. The third-order valence-electron chi connectivity index (χ3n) is 4.13. The molecule has 2 rings (SSSR count). The van der Waals surface area contributed by atoms with Gasteiger partial charge in [-0.1, -0.05) is 11.6 Å². The molecule has 0 spiro atoms. The van der Waals surface area contributed by atoms with Crippen molar-refractivity contribution in [2.24, 2.45) is 0 Å². The molecule has 26 heavy (non-hydrogen) atoms. The molecule has 0 aromatic carbocycles. The van der Waals surface area contributed by atoms with Crippen molar-refractivity contribution in [3.63, 3.8) is 0 Å². The lowest BCUT2D eigenvalue weighted by Crippen LogP contribution is -2.44. The van der Waals surface area contributed by atoms with Gasteiger partial charge in [0.2, 0.25) is 0 Å². The minimum atomic E-state index is -4.51. The molecular formula is C16H19ClF3N5O. The van der Waals surface area contributed by atoms with Crippen LogP contribution in [0.4, 0.5) is 18.9 Å². The maximum atomic E-state index is 12.6. The first kappa shape index (κ1) is 20.2. The van der Waals surface area contributed by atoms with Crippen LogP contribution in [0.1, 0.15) is 19.4 Å². The van der Waals surface area contributed by atoms with Gasteiger partial charge in [-0.3, -0.25) is 4.79 Å². The number of nitrogens with one attached hydrogen (secondary N) is 1. The maximum absolute atomic E-state index is 12.6. The Kier molecular flexibility index (Phi) is 5.62. The second-order valence-electron chi connectivity index (χ2n) is 6.55. The summed E-state index contributed by atoms with van der Waals surface area (Å²) in [6.45, 7) is 4.52. The van der Waals surface area contributed by atoms with Crippen molar-refractivity contribution < 1.29 is 13.2 Å². The van der Waals surface area contributed by atoms with Crippen molar-refractivity contribution in [1.29, 1.82) is 0 Å². The van der Waals surface area contributed by atoms with E-state index in [-0.39, 0.29) is 16.4 Å². The molecule has 0 fully saturated rings. The van der Waals surface area contributed by atoms with Crippen molar-refractivity contribution >= 4 is 17.3 Å². The maximum Gasteiger partial charge on any atom is 0.417 e. The molecule has 0 aliphatic carbocycles. The van der Waals surface area contributed by atoms with Gasteiger partial charge in [0.05, 0.1) is 17.4 Å². The number of halogens is 4. The first-order valence-corrected chi connectivity index (χ1v) is 8.04. The molecule has 6 nitrogen and oxygen atoms in total. The van der Waals surface area contributed by atoms with Crippen LogP contribution < -0.4 is 10.9 Å². The summed E-state index contributed by atoms with van der Waals surface area (Å²) in [5.74, 6) is -0.0509. The molecule has 0 radical (unpaired) electrons. The predicted octanol–water partition coefficient (Wildman–Crippen LogP) is 3.05. The van der Waals surface area contributed by atoms with E-state index >= 15 is 0 Å². The van der Waals surface area contributed by atoms with E-state index in [9.17, 15) is 18.0 Å². The summed E-state index contributed by atoms with van der Waals surface area (Å²) in [7, 11) is 3.85. The zero-order valence-corrected chi connectivity index (χ0v) is 15.5. The second-order valence-corrected chi connectivity index (χ2v) is 6.93. The normalized spacial score (nSPS) is 12.5. The van der Waals surface area contributed by atoms with Gasteiger partial charge in [-0.05, 0) is 40.1 Å². The third-order valence-corrected chi connectivity index (χ3v) is 4.50. The fraction of sp³-hybridized carbons (Fsp3) is 0.438. The van der Waals surface area contributed by atoms with E-state index in [2.05, 4.69) is 15.4 Å². The van der Waals surface area contributed by atoms with Crippen molar-refractivity contribution in [3.05, 3.63) is 45.5 Å². The molecule has 2 aromatic rings. The molecule has 0 aliphatic rings. The Balaban J connectivity index is 2.28. The molecule has 0 saturated heterocycles. The average molecular weight is 390 g/mol. The number of hydrogen-bond donors (Lipinski definition) is 1. The van der Waals surface area contributed by atoms with E-state index in [1.54, 1.807) is 0 Å². The largest absolute Gasteiger partial charge is 0.417 e. The van der Waals surface area contributed by atoms with Crippen LogP contribution in [0.25, 0.3) is 5.82 Å². The smallest absolute Gasteiger partial charge is 0.381 e. The zero-order chi connectivity index (χ0) is 19.7. The lowest BCUT2D eigenvalue weighted by Gasteiger charge is -2.33. The lowest BCUT2D eigenvalue weighted by molar-refractivity contribution is -0.137. The molecule has 2 heterocycles. The van der Waals surface area contributed by atoms with Crippen LogP contribution in [-0.2, 0) is 6.18 Å². The SMILES string of the molecule is CN(C)C(C)(C)CNc1cnn(-c2ccc(C(F)(F)F)cn2)c(=O)c1Cl. The molecule has 0 saturated carbocycles. The molecule has 142 valence electrons. The standard InChI is InChI=1S/C16H19ClF3N5O/c1-15(2,24(3)4)9-22-11-8-23-25(14(26)13(11)17)12-6-5-10(7-21-12)16(18,19)20/h5-8,22H,9H2,1-4H3. The van der Waals surface area contributed by atoms with Gasteiger partial charge in [0.1, 0.15) is 5.02 Å². The van der Waals surface area contributed by atoms with E-state index in [0.717, 1.165) is 16.8 Å². The number of nitrogens with zero attached hydrogens (tertiary/aromatic N) is 4. The minimum absolute atomic E-state index is 0.0509. The molecule has 2 aromatic heterocycles. The minimum Gasteiger partial charge on any atom is -0.381 e. The number of likely N-dealkylation sites (N-methyl/N-ethyl adjacent to an activating group) is 1. The summed E-state index contributed by atoms with van der Waals surface area (Å²) in [6.07, 6.45) is -2.52. The highest BCUT2D eigenvalue weighted by atomic mass is 35.5. The van der Waals surface area contributed by atoms with Gasteiger partial charge in [0.15, 0.2) is 5.82 Å². The third kappa shape index (κ3) is 4.34. The lowest BCUT2D eigenvalue weighted by atomic mass is 10.0. The summed E-state index contributed by atoms with van der Waals surface area (Å²) in [5, 5.41) is 6.90. The Bertz CT molecular complexity index is 831. The summed E-state index contributed by atoms with van der Waals surface area (Å²) in [5.41, 5.74) is -1.45. The zero-order valence-electron chi connectivity index (χ0n) is 14.7. The van der Waals surface area contributed by atoms with Gasteiger partial charge in [-0.15, -0.1) is 0 Å². The fourth-order valence-corrected chi connectivity index (χ4v) is 2.06. The van der Waals surface area contributed by atoms with Gasteiger partial charge in [-0.25, -0.2) is 4.98 Å². The van der Waals surface area contributed by atoms with E-state index in [0.29, 0.717) is 18.4 Å². The average Bonchev–Trinajstić information content (AvgIpc) is 2.55. The number of rotatable bonds is 5. The summed E-state index contributed by atoms with van der Waals surface area (Å²) in [6, 6.07) is 1.89. The van der Waals surface area contributed by atoms with Crippen LogP contribution in [0.5, 0.6) is 0 Å². The highest BCUT2D eigenvalue weighted by Crippen LogP contribution is 2.28. The topological polar surface area (TPSA) is 63.1 Å². The van der Waals surface area contributed by atoms with Gasteiger partial charge < -0.3 is 10.2 Å². The molecule has 0 bridgehead atoms. The van der Waals surface area contributed by atoms with E-state index < -0.39 is 17.3 Å². The van der Waals surface area contributed by atoms with E-state index in [1.165, 1.54) is 6.20 Å². The van der Waals surface area contributed by atoms with E-state index in [4.69, 9.17) is 11.6 Å². The van der Waals surface area contributed by atoms with Gasteiger partial charge >= 0.3 is 6.18 Å². The number of anilines is 1. The highest BCUT2D eigenvalue weighted by molar-refractivity contribution is 6.32. The van der Waals surface area contributed by atoms with Gasteiger partial charge in [0.25, 0.3) is 5.56 Å². The van der Waals surface area contributed by atoms with Crippen LogP contribution in [-0.4, -0.2) is 45.8 Å². The van der Waals surface area contributed by atoms with Crippen molar-refractivity contribution in [2.75, 3.05) is 26.0 Å². The Morgan fingerprint density at radius 3 is 2.38 bits per heavy atom. The van der Waals surface area contributed by atoms with E-state index in [1.807, 2.05) is 32.8 Å². The number of pyridine rings is 1. The fourth-order valence-electron chi connectivity index (χ4n) is 1.87. The van der Waals surface area contributed by atoms with Crippen molar-refractivity contribution in [1.82, 2.24) is 19.7 Å². The predicted molar refractivity (Wildman–Crippen MR) is 93.9 cm³/mol. The highest BCUT2D eigenvalue weighted by Gasteiger charge is 2.30. The Hall–Kier alpha value is -2.13. The van der Waals surface area contributed by atoms with Gasteiger partial charge in [-0.2, -0.15) is 23.0 Å². The number of hydrogen-bond acceptors (Lipinski definition) is 5. The molecule has 10 heteroatoms.